The highest BCUT2D eigenvalue weighted by Crippen LogP contribution is 2.37. The Bertz CT molecular complexity index is 1630. The van der Waals surface area contributed by atoms with Gasteiger partial charge in [-0.05, 0) is 48.4 Å². The van der Waals surface area contributed by atoms with E-state index in [1.54, 1.807) is 23.1 Å². The summed E-state index contributed by atoms with van der Waals surface area (Å²) in [6.07, 6.45) is 4.82. The van der Waals surface area contributed by atoms with Crippen LogP contribution in [0.1, 0.15) is 60.0 Å². The summed E-state index contributed by atoms with van der Waals surface area (Å²) in [6.45, 7) is 0.345. The Morgan fingerprint density at radius 2 is 1.63 bits per heavy atom. The number of rotatable bonds is 11. The van der Waals surface area contributed by atoms with Gasteiger partial charge in [-0.15, -0.1) is 0 Å². The summed E-state index contributed by atoms with van der Waals surface area (Å²) in [5.74, 6) is -0.936. The van der Waals surface area contributed by atoms with Gasteiger partial charge in [0.2, 0.25) is 11.8 Å². The molecule has 1 saturated carbocycles. The summed E-state index contributed by atoms with van der Waals surface area (Å²) in [5, 5.41) is 5.13. The van der Waals surface area contributed by atoms with Crippen LogP contribution in [0, 0.1) is 5.82 Å². The molecule has 0 spiro atoms. The first kappa shape index (κ1) is 28.6. The highest BCUT2D eigenvalue weighted by Gasteiger charge is 2.33. The van der Waals surface area contributed by atoms with Crippen LogP contribution in [0.2, 0.25) is 0 Å². The highest BCUT2D eigenvalue weighted by molar-refractivity contribution is 6.25. The number of amides is 3. The summed E-state index contributed by atoms with van der Waals surface area (Å²) in [7, 11) is 0. The minimum Gasteiger partial charge on any atom is -0.352 e. The number of nitrogens with one attached hydrogen (secondary N) is 1. The number of nitrogens with zero attached hydrogens (tertiary/aromatic N) is 2. The fourth-order valence-corrected chi connectivity index (χ4v) is 6.46. The highest BCUT2D eigenvalue weighted by atomic mass is 19.1. The van der Waals surface area contributed by atoms with E-state index in [2.05, 4.69) is 5.32 Å². The Morgan fingerprint density at radius 1 is 0.907 bits per heavy atom. The number of carbonyl (C=O) groups is 3. The molecule has 0 saturated heterocycles. The molecule has 0 bridgehead atoms. The molecule has 220 valence electrons. The number of hydrogen-bond donors (Lipinski definition) is 1. The van der Waals surface area contributed by atoms with E-state index in [-0.39, 0.29) is 36.7 Å². The molecule has 1 heterocycles. The van der Waals surface area contributed by atoms with Crippen molar-refractivity contribution >= 4 is 34.2 Å². The van der Waals surface area contributed by atoms with E-state index in [0.29, 0.717) is 30.5 Å². The van der Waals surface area contributed by atoms with Crippen molar-refractivity contribution in [2.45, 2.75) is 63.6 Å². The molecule has 4 aromatic rings. The van der Waals surface area contributed by atoms with Crippen molar-refractivity contribution in [2.24, 2.45) is 0 Å². The second-order valence-electron chi connectivity index (χ2n) is 11.5. The Kier molecular flexibility index (Phi) is 8.50. The van der Waals surface area contributed by atoms with Gasteiger partial charge in [-0.1, -0.05) is 85.6 Å². The summed E-state index contributed by atoms with van der Waals surface area (Å²) in [6, 6.07) is 26.9. The molecule has 0 unspecified atom stereocenters. The maximum Gasteiger partial charge on any atom is 0.258 e. The Hall–Kier alpha value is -4.52. The predicted octanol–water partition coefficient (Wildman–Crippen LogP) is 6.42. The van der Waals surface area contributed by atoms with Gasteiger partial charge in [0.05, 0.1) is 5.69 Å². The molecule has 1 aliphatic heterocycles. The largest absolute Gasteiger partial charge is 0.352 e. The van der Waals surface area contributed by atoms with Crippen molar-refractivity contribution in [3.63, 3.8) is 0 Å². The van der Waals surface area contributed by atoms with Crippen LogP contribution >= 0.6 is 0 Å². The van der Waals surface area contributed by atoms with Crippen molar-refractivity contribution < 1.29 is 18.8 Å². The van der Waals surface area contributed by atoms with E-state index in [9.17, 15) is 18.8 Å². The first-order chi connectivity index (χ1) is 21.0. The number of carbonyl (C=O) groups excluding carboxylic acids is 3. The molecule has 3 amide bonds. The average Bonchev–Trinajstić information content (AvgIpc) is 3.63. The molecule has 1 aliphatic carbocycles. The first-order valence-electron chi connectivity index (χ1n) is 15.2. The molecule has 7 heteroatoms. The Labute approximate surface area is 251 Å². The van der Waals surface area contributed by atoms with E-state index in [1.807, 2.05) is 66.7 Å². The van der Waals surface area contributed by atoms with E-state index < -0.39 is 11.9 Å². The lowest BCUT2D eigenvalue weighted by atomic mass is 10.0. The number of hydrogen-bond acceptors (Lipinski definition) is 3. The van der Waals surface area contributed by atoms with Gasteiger partial charge < -0.3 is 15.1 Å². The summed E-state index contributed by atoms with van der Waals surface area (Å²) in [5.41, 5.74) is 2.81. The monoisotopic (exact) mass is 577 g/mol. The van der Waals surface area contributed by atoms with Gasteiger partial charge in [-0.25, -0.2) is 4.39 Å². The van der Waals surface area contributed by atoms with Gasteiger partial charge in [-0.3, -0.25) is 14.4 Å². The Morgan fingerprint density at radius 3 is 2.40 bits per heavy atom. The van der Waals surface area contributed by atoms with Crippen molar-refractivity contribution in [1.82, 2.24) is 10.2 Å². The van der Waals surface area contributed by atoms with Crippen LogP contribution in [0.3, 0.4) is 0 Å². The van der Waals surface area contributed by atoms with Crippen LogP contribution in [0.5, 0.6) is 0 Å². The number of anilines is 1. The lowest BCUT2D eigenvalue weighted by molar-refractivity contribution is -0.141. The van der Waals surface area contributed by atoms with Gasteiger partial charge >= 0.3 is 0 Å². The van der Waals surface area contributed by atoms with Crippen molar-refractivity contribution in [2.75, 3.05) is 11.4 Å². The minimum absolute atomic E-state index is 0.0194. The molecular formula is C36H36FN3O3. The van der Waals surface area contributed by atoms with Gasteiger partial charge in [0.25, 0.3) is 5.91 Å². The smallest absolute Gasteiger partial charge is 0.258 e. The topological polar surface area (TPSA) is 69.7 Å². The maximum absolute atomic E-state index is 14.9. The quantitative estimate of drug-likeness (QED) is 0.224. The standard InChI is InChI=1S/C36H36FN3O3/c37-30-19-7-4-13-27(30)24-40(32(23-25-11-2-1-3-12-25)35(42)38-28-16-5-6-17-28)33(41)21-10-22-39-31-20-9-15-26-14-8-18-29(34(26)31)36(39)43/h1-4,7-9,11-15,18-20,28,32H,5-6,10,16-17,21-24H2,(H,38,42)/t32-/m1/s1. The zero-order valence-corrected chi connectivity index (χ0v) is 24.2. The van der Waals surface area contributed by atoms with Crippen LogP contribution in [-0.4, -0.2) is 41.2 Å². The SMILES string of the molecule is O=C(NC1CCCC1)[C@@H](Cc1ccccc1)N(Cc1ccccc1F)C(=O)CCCN1C(=O)c2cccc3cccc1c23. The molecule has 0 aromatic heterocycles. The van der Waals surface area contributed by atoms with Crippen molar-refractivity contribution in [3.8, 4) is 0 Å². The molecule has 6 rings (SSSR count). The zero-order valence-electron chi connectivity index (χ0n) is 24.2. The molecule has 1 N–H and O–H groups in total. The lowest BCUT2D eigenvalue weighted by Crippen LogP contribution is -2.52. The molecular weight excluding hydrogens is 541 g/mol. The lowest BCUT2D eigenvalue weighted by Gasteiger charge is -2.32. The predicted molar refractivity (Wildman–Crippen MR) is 166 cm³/mol. The third-order valence-electron chi connectivity index (χ3n) is 8.69. The van der Waals surface area contributed by atoms with Gasteiger partial charge in [0.15, 0.2) is 0 Å². The molecule has 6 nitrogen and oxygen atoms in total. The molecule has 0 radical (unpaired) electrons. The summed E-state index contributed by atoms with van der Waals surface area (Å²) < 4.78 is 14.9. The summed E-state index contributed by atoms with van der Waals surface area (Å²) in [4.78, 5) is 44.4. The van der Waals surface area contributed by atoms with Gasteiger partial charge in [0, 0.05) is 48.5 Å². The molecule has 2 aliphatic rings. The van der Waals surface area contributed by atoms with E-state index in [0.717, 1.165) is 47.7 Å². The molecule has 1 atom stereocenters. The van der Waals surface area contributed by atoms with Crippen LogP contribution in [0.25, 0.3) is 10.8 Å². The maximum atomic E-state index is 14.9. The number of halogens is 1. The second-order valence-corrected chi connectivity index (χ2v) is 11.5. The second kappa shape index (κ2) is 12.8. The zero-order chi connectivity index (χ0) is 29.8. The minimum atomic E-state index is -0.804. The van der Waals surface area contributed by atoms with Crippen LogP contribution < -0.4 is 10.2 Å². The fourth-order valence-electron chi connectivity index (χ4n) is 6.46. The van der Waals surface area contributed by atoms with Crippen molar-refractivity contribution in [1.29, 1.82) is 0 Å². The summed E-state index contributed by atoms with van der Waals surface area (Å²) >= 11 is 0. The van der Waals surface area contributed by atoms with Crippen molar-refractivity contribution in [3.05, 3.63) is 114 Å². The van der Waals surface area contributed by atoms with E-state index >= 15 is 0 Å². The fraction of sp³-hybridized carbons (Fsp3) is 0.306. The molecule has 43 heavy (non-hydrogen) atoms. The van der Waals surface area contributed by atoms with Gasteiger partial charge in [0.1, 0.15) is 11.9 Å². The molecule has 4 aromatic carbocycles. The van der Waals surface area contributed by atoms with E-state index in [1.165, 1.54) is 11.0 Å². The van der Waals surface area contributed by atoms with E-state index in [4.69, 9.17) is 0 Å². The average molecular weight is 578 g/mol. The van der Waals surface area contributed by atoms with Crippen LogP contribution in [0.4, 0.5) is 10.1 Å². The third kappa shape index (κ3) is 6.17. The van der Waals surface area contributed by atoms with Crippen LogP contribution in [-0.2, 0) is 22.6 Å². The molecule has 1 fully saturated rings. The van der Waals surface area contributed by atoms with Crippen LogP contribution in [0.15, 0.2) is 91.0 Å². The third-order valence-corrected chi connectivity index (χ3v) is 8.69. The number of benzene rings is 4. The van der Waals surface area contributed by atoms with Gasteiger partial charge in [-0.2, -0.15) is 0 Å². The normalized spacial score (nSPS) is 15.2. The first-order valence-corrected chi connectivity index (χ1v) is 15.2. The Balaban J connectivity index is 1.24.